The second-order valence-corrected chi connectivity index (χ2v) is 3.43. The maximum Gasteiger partial charge on any atom is 0.108 e. The molecule has 0 N–H and O–H groups in total. The predicted octanol–water partition coefficient (Wildman–Crippen LogP) is 1.14. The van der Waals surface area contributed by atoms with E-state index in [0.29, 0.717) is 6.10 Å². The third-order valence-electron chi connectivity index (χ3n) is 1.88. The van der Waals surface area contributed by atoms with E-state index in [1.807, 2.05) is 0 Å². The summed E-state index contributed by atoms with van der Waals surface area (Å²) >= 11 is 0. The van der Waals surface area contributed by atoms with E-state index < -0.39 is 0 Å². The van der Waals surface area contributed by atoms with Gasteiger partial charge in [-0.1, -0.05) is 0 Å². The smallest absolute Gasteiger partial charge is 0.108 e. The summed E-state index contributed by atoms with van der Waals surface area (Å²) < 4.78 is 5.30. The van der Waals surface area contributed by atoms with Crippen molar-refractivity contribution in [1.82, 2.24) is 0 Å². The Bertz CT molecular complexity index is 102. The van der Waals surface area contributed by atoms with Crippen molar-refractivity contribution in [3.8, 4) is 0 Å². The molecule has 2 fully saturated rings. The van der Waals surface area contributed by atoms with E-state index >= 15 is 0 Å². The SMILES string of the molecule is PC12CCCC1O2. The Morgan fingerprint density at radius 3 is 2.71 bits per heavy atom. The molecule has 2 aliphatic rings. The Morgan fingerprint density at radius 2 is 2.57 bits per heavy atom. The summed E-state index contributed by atoms with van der Waals surface area (Å²) in [6, 6.07) is 0. The summed E-state index contributed by atoms with van der Waals surface area (Å²) in [6.07, 6.45) is 4.55. The molecule has 0 amide bonds. The minimum Gasteiger partial charge on any atom is -0.362 e. The van der Waals surface area contributed by atoms with Crippen LogP contribution in [0.2, 0.25) is 0 Å². The quantitative estimate of drug-likeness (QED) is 0.341. The number of hydrogen-bond donors (Lipinski definition) is 0. The van der Waals surface area contributed by atoms with E-state index in [1.165, 1.54) is 19.3 Å². The molecule has 3 unspecified atom stereocenters. The van der Waals surface area contributed by atoms with Crippen molar-refractivity contribution in [3.63, 3.8) is 0 Å². The zero-order chi connectivity index (χ0) is 4.91. The molecular formula is C5H9OP. The first-order valence-electron chi connectivity index (χ1n) is 2.78. The summed E-state index contributed by atoms with van der Waals surface area (Å²) in [5, 5.41) is 0.278. The van der Waals surface area contributed by atoms with Crippen molar-refractivity contribution in [2.75, 3.05) is 0 Å². The Kier molecular flexibility index (Phi) is 0.634. The van der Waals surface area contributed by atoms with E-state index in [4.69, 9.17) is 4.74 Å². The molecule has 0 bridgehead atoms. The number of ether oxygens (including phenoxy) is 1. The summed E-state index contributed by atoms with van der Waals surface area (Å²) in [7, 11) is 2.78. The Hall–Kier alpha value is 0.390. The predicted molar refractivity (Wildman–Crippen MR) is 31.2 cm³/mol. The Morgan fingerprint density at radius 1 is 1.71 bits per heavy atom. The average molecular weight is 116 g/mol. The normalized spacial score (nSPS) is 57.0. The molecule has 1 nitrogen and oxygen atoms in total. The molecule has 7 heavy (non-hydrogen) atoms. The molecule has 0 aromatic rings. The molecule has 1 saturated heterocycles. The second kappa shape index (κ2) is 1.04. The van der Waals surface area contributed by atoms with Gasteiger partial charge in [0.2, 0.25) is 0 Å². The van der Waals surface area contributed by atoms with Crippen LogP contribution in [0.25, 0.3) is 0 Å². The maximum absolute atomic E-state index is 5.30. The van der Waals surface area contributed by atoms with E-state index in [-0.39, 0.29) is 5.34 Å². The van der Waals surface area contributed by atoms with Gasteiger partial charge in [0.25, 0.3) is 0 Å². The van der Waals surface area contributed by atoms with Crippen molar-refractivity contribution in [2.45, 2.75) is 30.7 Å². The van der Waals surface area contributed by atoms with Crippen LogP contribution in [0.5, 0.6) is 0 Å². The van der Waals surface area contributed by atoms with Gasteiger partial charge in [0, 0.05) is 0 Å². The van der Waals surface area contributed by atoms with Crippen LogP contribution in [0.1, 0.15) is 19.3 Å². The van der Waals surface area contributed by atoms with Crippen molar-refractivity contribution in [1.29, 1.82) is 0 Å². The zero-order valence-electron chi connectivity index (χ0n) is 4.18. The Labute approximate surface area is 45.6 Å². The van der Waals surface area contributed by atoms with Crippen LogP contribution in [-0.4, -0.2) is 11.4 Å². The first-order valence-corrected chi connectivity index (χ1v) is 3.36. The van der Waals surface area contributed by atoms with Gasteiger partial charge in [0.05, 0.1) is 6.10 Å². The average Bonchev–Trinajstić information content (AvgIpc) is 2.09. The highest BCUT2D eigenvalue weighted by molar-refractivity contribution is 7.19. The molecule has 1 aliphatic carbocycles. The number of rotatable bonds is 0. The van der Waals surface area contributed by atoms with E-state index in [9.17, 15) is 0 Å². The van der Waals surface area contributed by atoms with E-state index in [1.54, 1.807) is 0 Å². The highest BCUT2D eigenvalue weighted by Gasteiger charge is 2.55. The van der Waals surface area contributed by atoms with Crippen molar-refractivity contribution < 1.29 is 4.74 Å². The van der Waals surface area contributed by atoms with Gasteiger partial charge >= 0.3 is 0 Å². The largest absolute Gasteiger partial charge is 0.362 e. The van der Waals surface area contributed by atoms with E-state index in [0.717, 1.165) is 0 Å². The summed E-state index contributed by atoms with van der Waals surface area (Å²) in [4.78, 5) is 0. The van der Waals surface area contributed by atoms with Gasteiger partial charge in [-0.2, -0.15) is 0 Å². The fourth-order valence-electron chi connectivity index (χ4n) is 1.32. The van der Waals surface area contributed by atoms with Crippen LogP contribution in [-0.2, 0) is 4.74 Å². The standard InChI is InChI=1S/C5H9OP/c7-5-3-1-2-4(5)6-5/h4H,1-3,7H2. The zero-order valence-corrected chi connectivity index (χ0v) is 5.34. The highest BCUT2D eigenvalue weighted by atomic mass is 31.0. The topological polar surface area (TPSA) is 12.5 Å². The lowest BCUT2D eigenvalue weighted by Crippen LogP contribution is -1.92. The lowest BCUT2D eigenvalue weighted by Gasteiger charge is -1.93. The van der Waals surface area contributed by atoms with Gasteiger partial charge in [-0.05, 0) is 19.3 Å². The number of epoxide rings is 1. The van der Waals surface area contributed by atoms with Crippen LogP contribution >= 0.6 is 9.24 Å². The minimum atomic E-state index is 0.278. The maximum atomic E-state index is 5.30. The molecule has 1 heterocycles. The Balaban J connectivity index is 2.17. The lowest BCUT2D eigenvalue weighted by molar-refractivity contribution is 0.306. The van der Waals surface area contributed by atoms with E-state index in [2.05, 4.69) is 9.24 Å². The number of fused-ring (bicyclic) bond motifs is 1. The van der Waals surface area contributed by atoms with Crippen LogP contribution in [0.15, 0.2) is 0 Å². The molecule has 2 heteroatoms. The lowest BCUT2D eigenvalue weighted by atomic mass is 10.4. The van der Waals surface area contributed by atoms with Crippen molar-refractivity contribution >= 4 is 9.24 Å². The number of hydrogen-bond acceptors (Lipinski definition) is 1. The first kappa shape index (κ1) is 4.29. The van der Waals surface area contributed by atoms with Gasteiger partial charge in [0.15, 0.2) is 0 Å². The summed E-state index contributed by atoms with van der Waals surface area (Å²) in [6.45, 7) is 0. The fourth-order valence-corrected chi connectivity index (χ4v) is 1.85. The van der Waals surface area contributed by atoms with Crippen LogP contribution < -0.4 is 0 Å². The first-order chi connectivity index (χ1) is 3.31. The molecule has 0 aromatic heterocycles. The summed E-state index contributed by atoms with van der Waals surface area (Å²) in [5.74, 6) is 0. The molecule has 0 spiro atoms. The van der Waals surface area contributed by atoms with Crippen LogP contribution in [0.3, 0.4) is 0 Å². The molecule has 2 rings (SSSR count). The van der Waals surface area contributed by atoms with Gasteiger partial charge in [-0.25, -0.2) is 0 Å². The fraction of sp³-hybridized carbons (Fsp3) is 1.00. The third-order valence-corrected chi connectivity index (χ3v) is 2.68. The molecule has 1 saturated carbocycles. The van der Waals surface area contributed by atoms with Gasteiger partial charge < -0.3 is 4.74 Å². The molecule has 3 atom stereocenters. The molecule has 40 valence electrons. The minimum absolute atomic E-state index is 0.278. The van der Waals surface area contributed by atoms with Crippen molar-refractivity contribution in [2.24, 2.45) is 0 Å². The third kappa shape index (κ3) is 0.458. The summed E-state index contributed by atoms with van der Waals surface area (Å²) in [5.41, 5.74) is 0. The molecule has 0 aromatic carbocycles. The monoisotopic (exact) mass is 116 g/mol. The molecular weight excluding hydrogens is 107 g/mol. The van der Waals surface area contributed by atoms with Gasteiger partial charge in [-0.15, -0.1) is 9.24 Å². The highest BCUT2D eigenvalue weighted by Crippen LogP contribution is 2.54. The molecule has 1 aliphatic heterocycles. The second-order valence-electron chi connectivity index (χ2n) is 2.45. The molecule has 0 radical (unpaired) electrons. The van der Waals surface area contributed by atoms with Crippen molar-refractivity contribution in [3.05, 3.63) is 0 Å². The van der Waals surface area contributed by atoms with Gasteiger partial charge in [-0.3, -0.25) is 0 Å². The van der Waals surface area contributed by atoms with Crippen LogP contribution in [0.4, 0.5) is 0 Å². The van der Waals surface area contributed by atoms with Gasteiger partial charge in [0.1, 0.15) is 5.34 Å². The van der Waals surface area contributed by atoms with Crippen LogP contribution in [0, 0.1) is 0 Å².